The van der Waals surface area contributed by atoms with Crippen molar-refractivity contribution in [3.8, 4) is 0 Å². The molecule has 0 aromatic heterocycles. The van der Waals surface area contributed by atoms with Crippen LogP contribution in [0.3, 0.4) is 0 Å². The van der Waals surface area contributed by atoms with Crippen molar-refractivity contribution in [2.75, 3.05) is 4.43 Å². The molecule has 4 aliphatic rings. The summed E-state index contributed by atoms with van der Waals surface area (Å²) < 4.78 is 12.4. The summed E-state index contributed by atoms with van der Waals surface area (Å²) in [6.07, 6.45) is 12.1. The first-order valence-corrected chi connectivity index (χ1v) is 13.8. The van der Waals surface area contributed by atoms with Crippen LogP contribution in [0.25, 0.3) is 0 Å². The van der Waals surface area contributed by atoms with Crippen LogP contribution in [0.5, 0.6) is 0 Å². The molecule has 4 saturated carbocycles. The molecule has 5 unspecified atom stereocenters. The first-order valence-electron chi connectivity index (χ1n) is 12.3. The maximum atomic E-state index is 11.4. The van der Waals surface area contributed by atoms with E-state index in [4.69, 9.17) is 9.47 Å². The van der Waals surface area contributed by atoms with Crippen molar-refractivity contribution in [1.29, 1.82) is 0 Å². The van der Waals surface area contributed by atoms with Gasteiger partial charge in [0.2, 0.25) is 0 Å². The molecule has 0 aromatic carbocycles. The Morgan fingerprint density at radius 3 is 2.50 bits per heavy atom. The van der Waals surface area contributed by atoms with Gasteiger partial charge in [0.05, 0.1) is 0 Å². The minimum atomic E-state index is 0.0394. The van der Waals surface area contributed by atoms with Crippen LogP contribution in [0.15, 0.2) is 0 Å². The summed E-state index contributed by atoms with van der Waals surface area (Å²) in [6, 6.07) is 0. The molecule has 0 N–H and O–H groups in total. The zero-order valence-electron chi connectivity index (χ0n) is 18.6. The van der Waals surface area contributed by atoms with Gasteiger partial charge in [0, 0.05) is 5.92 Å². The van der Waals surface area contributed by atoms with E-state index in [-0.39, 0.29) is 17.6 Å². The number of alkyl halides is 1. The van der Waals surface area contributed by atoms with Crippen molar-refractivity contribution >= 4 is 35.5 Å². The molecule has 0 radical (unpaired) electrons. The first kappa shape index (κ1) is 22.8. The van der Waals surface area contributed by atoms with Crippen LogP contribution < -0.4 is 0 Å². The van der Waals surface area contributed by atoms with Gasteiger partial charge in [-0.05, 0) is 110 Å². The van der Waals surface area contributed by atoms with Gasteiger partial charge >= 0.3 is 0 Å². The van der Waals surface area contributed by atoms with E-state index in [9.17, 15) is 9.59 Å². The van der Waals surface area contributed by atoms with Gasteiger partial charge in [-0.1, -0.05) is 36.4 Å². The molecule has 0 aromatic rings. The zero-order chi connectivity index (χ0) is 21.3. The summed E-state index contributed by atoms with van der Waals surface area (Å²) in [7, 11) is 0. The van der Waals surface area contributed by atoms with Crippen LogP contribution in [0.2, 0.25) is 0 Å². The molecule has 10 atom stereocenters. The van der Waals surface area contributed by atoms with Gasteiger partial charge in [-0.3, -0.25) is 9.59 Å². The Balaban J connectivity index is 1.59. The second kappa shape index (κ2) is 9.66. The standard InChI is InChI=1S/C25H39IO4/c1-16(8-10-26)21-5-3-18-11-17(21)4-6-22-24(18)23(30-15-28)13-19-12-20(29-14-27)7-9-25(19,22)2/h14-24H,3-13H2,1-2H3/t16-,17-,18?,19?,20-,21-,22?,23-,24?,25?/m1/s1. The summed E-state index contributed by atoms with van der Waals surface area (Å²) in [6.45, 7) is 6.30. The second-order valence-corrected chi connectivity index (χ2v) is 12.1. The van der Waals surface area contributed by atoms with E-state index in [0.29, 0.717) is 36.6 Å². The second-order valence-electron chi connectivity index (χ2n) is 11.1. The highest BCUT2D eigenvalue weighted by Crippen LogP contribution is 2.62. The molecule has 0 amide bonds. The number of ether oxygens (including phenoxy) is 2. The largest absolute Gasteiger partial charge is 0.465 e. The number of carbonyl (C=O) groups is 2. The molecule has 4 aliphatic carbocycles. The molecule has 0 saturated heterocycles. The van der Waals surface area contributed by atoms with Crippen molar-refractivity contribution in [2.45, 2.75) is 90.3 Å². The SMILES string of the molecule is C[C@H](CCI)[C@H]1CCC2C[C@H]1CCC1C2[C@H](OC=O)CC2C[C@H](OC=O)CCC21C. The Kier molecular flexibility index (Phi) is 7.36. The van der Waals surface area contributed by atoms with Gasteiger partial charge in [0.15, 0.2) is 0 Å². The topological polar surface area (TPSA) is 52.6 Å². The van der Waals surface area contributed by atoms with Gasteiger partial charge in [-0.2, -0.15) is 0 Å². The molecule has 30 heavy (non-hydrogen) atoms. The third kappa shape index (κ3) is 4.17. The molecule has 4 fully saturated rings. The predicted octanol–water partition coefficient (Wildman–Crippen LogP) is 5.80. The fourth-order valence-corrected chi connectivity index (χ4v) is 9.46. The van der Waals surface area contributed by atoms with Crippen LogP contribution >= 0.6 is 22.6 Å². The van der Waals surface area contributed by atoms with Gasteiger partial charge < -0.3 is 9.47 Å². The van der Waals surface area contributed by atoms with Crippen LogP contribution in [-0.4, -0.2) is 29.6 Å². The molecule has 0 heterocycles. The maximum absolute atomic E-state index is 11.4. The third-order valence-corrected chi connectivity index (χ3v) is 10.6. The number of fused-ring (bicyclic) bond motifs is 6. The molecule has 4 nitrogen and oxygen atoms in total. The Labute approximate surface area is 195 Å². The quantitative estimate of drug-likeness (QED) is 0.237. The molecule has 0 aliphatic heterocycles. The zero-order valence-corrected chi connectivity index (χ0v) is 20.8. The summed E-state index contributed by atoms with van der Waals surface area (Å²) >= 11 is 2.53. The first-order chi connectivity index (χ1) is 14.5. The number of rotatable bonds is 7. The minimum absolute atomic E-state index is 0.0394. The average Bonchev–Trinajstić information content (AvgIpc) is 2.87. The Morgan fingerprint density at radius 2 is 1.77 bits per heavy atom. The Morgan fingerprint density at radius 1 is 1.00 bits per heavy atom. The van der Waals surface area contributed by atoms with Crippen molar-refractivity contribution < 1.29 is 19.1 Å². The molecule has 5 heteroatoms. The van der Waals surface area contributed by atoms with Crippen molar-refractivity contribution in [3.63, 3.8) is 0 Å². The van der Waals surface area contributed by atoms with Crippen molar-refractivity contribution in [2.24, 2.45) is 46.8 Å². The number of hydrogen-bond acceptors (Lipinski definition) is 4. The van der Waals surface area contributed by atoms with Crippen molar-refractivity contribution in [1.82, 2.24) is 0 Å². The van der Waals surface area contributed by atoms with Gasteiger partial charge in [-0.15, -0.1) is 0 Å². The summed E-state index contributed by atoms with van der Waals surface area (Å²) in [5, 5.41) is 0. The van der Waals surface area contributed by atoms with Crippen LogP contribution in [-0.2, 0) is 19.1 Å². The van der Waals surface area contributed by atoms with E-state index in [1.165, 1.54) is 43.0 Å². The third-order valence-electron chi connectivity index (χ3n) is 9.99. The Bertz CT molecular complexity index is 612. The van der Waals surface area contributed by atoms with E-state index in [1.807, 2.05) is 0 Å². The summed E-state index contributed by atoms with van der Waals surface area (Å²) in [4.78, 5) is 22.3. The predicted molar refractivity (Wildman–Crippen MR) is 125 cm³/mol. The van der Waals surface area contributed by atoms with Gasteiger partial charge in [0.1, 0.15) is 12.2 Å². The van der Waals surface area contributed by atoms with Crippen LogP contribution in [0, 0.1) is 46.8 Å². The highest BCUT2D eigenvalue weighted by atomic mass is 127. The lowest BCUT2D eigenvalue weighted by atomic mass is 9.49. The molecule has 0 spiro atoms. The minimum Gasteiger partial charge on any atom is -0.465 e. The highest BCUT2D eigenvalue weighted by molar-refractivity contribution is 14.1. The fraction of sp³-hybridized carbons (Fsp3) is 0.920. The van der Waals surface area contributed by atoms with Crippen LogP contribution in [0.1, 0.15) is 78.1 Å². The summed E-state index contributed by atoms with van der Waals surface area (Å²) in [5.41, 5.74) is 0.289. The molecule has 2 bridgehead atoms. The monoisotopic (exact) mass is 530 g/mol. The lowest BCUT2D eigenvalue weighted by Gasteiger charge is -2.58. The van der Waals surface area contributed by atoms with Crippen molar-refractivity contribution in [3.05, 3.63) is 0 Å². The molecular weight excluding hydrogens is 491 g/mol. The maximum Gasteiger partial charge on any atom is 0.293 e. The average molecular weight is 530 g/mol. The fourth-order valence-electron chi connectivity index (χ4n) is 8.48. The number of hydrogen-bond donors (Lipinski definition) is 0. The molecular formula is C25H39IO4. The van der Waals surface area contributed by atoms with Crippen LogP contribution in [0.4, 0.5) is 0 Å². The lowest BCUT2D eigenvalue weighted by molar-refractivity contribution is -0.169. The van der Waals surface area contributed by atoms with E-state index in [0.717, 1.165) is 43.4 Å². The Hall–Kier alpha value is -0.330. The number of halogens is 1. The van der Waals surface area contributed by atoms with Gasteiger partial charge in [-0.25, -0.2) is 0 Å². The normalized spacial score (nSPS) is 46.5. The van der Waals surface area contributed by atoms with E-state index >= 15 is 0 Å². The molecule has 4 rings (SSSR count). The van der Waals surface area contributed by atoms with E-state index in [1.54, 1.807) is 0 Å². The van der Waals surface area contributed by atoms with Gasteiger partial charge in [0.25, 0.3) is 12.9 Å². The van der Waals surface area contributed by atoms with E-state index < -0.39 is 0 Å². The molecule has 170 valence electrons. The number of carbonyl (C=O) groups excluding carboxylic acids is 2. The smallest absolute Gasteiger partial charge is 0.293 e. The highest BCUT2D eigenvalue weighted by Gasteiger charge is 2.58. The summed E-state index contributed by atoms with van der Waals surface area (Å²) in [5.74, 6) is 4.89. The lowest BCUT2D eigenvalue weighted by Crippen LogP contribution is -2.55. The van der Waals surface area contributed by atoms with E-state index in [2.05, 4.69) is 36.4 Å².